The van der Waals surface area contributed by atoms with Crippen LogP contribution in [0, 0.1) is 0 Å². The zero-order valence-corrected chi connectivity index (χ0v) is 14.7. The Morgan fingerprint density at radius 2 is 1.85 bits per heavy atom. The number of halogens is 4. The lowest BCUT2D eigenvalue weighted by Crippen LogP contribution is -2.21. The van der Waals surface area contributed by atoms with Gasteiger partial charge in [0.25, 0.3) is 0 Å². The van der Waals surface area contributed by atoms with Gasteiger partial charge >= 0.3 is 6.18 Å². The van der Waals surface area contributed by atoms with Crippen LogP contribution in [-0.4, -0.2) is 19.1 Å². The summed E-state index contributed by atoms with van der Waals surface area (Å²) in [5.41, 5.74) is 0.0936. The number of amides is 1. The van der Waals surface area contributed by atoms with E-state index in [0.717, 1.165) is 17.7 Å². The van der Waals surface area contributed by atoms with Crippen molar-refractivity contribution < 1.29 is 27.4 Å². The number of carbonyl (C=O) groups excluding carboxylic acids is 1. The molecule has 0 radical (unpaired) electrons. The predicted octanol–water partition coefficient (Wildman–Crippen LogP) is 4.46. The summed E-state index contributed by atoms with van der Waals surface area (Å²) in [4.78, 5) is 11.9. The van der Waals surface area contributed by atoms with Crippen LogP contribution in [0.25, 0.3) is 6.08 Å². The fourth-order valence-corrected chi connectivity index (χ4v) is 2.71. The highest BCUT2D eigenvalue weighted by molar-refractivity contribution is 6.31. The topological polar surface area (TPSA) is 47.6 Å². The Kier molecular flexibility index (Phi) is 5.60. The first-order chi connectivity index (χ1) is 12.8. The van der Waals surface area contributed by atoms with E-state index < -0.39 is 17.6 Å². The van der Waals surface area contributed by atoms with Gasteiger partial charge in [-0.3, -0.25) is 4.79 Å². The molecule has 0 bridgehead atoms. The minimum Gasteiger partial charge on any atom is -0.486 e. The van der Waals surface area contributed by atoms with Crippen LogP contribution in [0.3, 0.4) is 0 Å². The van der Waals surface area contributed by atoms with Crippen molar-refractivity contribution >= 4 is 23.6 Å². The second kappa shape index (κ2) is 7.92. The monoisotopic (exact) mass is 397 g/mol. The Morgan fingerprint density at radius 1 is 1.11 bits per heavy atom. The lowest BCUT2D eigenvalue weighted by Gasteiger charge is -2.18. The van der Waals surface area contributed by atoms with Crippen LogP contribution < -0.4 is 14.8 Å². The first-order valence-corrected chi connectivity index (χ1v) is 8.42. The number of rotatable bonds is 4. The molecule has 0 atom stereocenters. The molecule has 1 aliphatic rings. The molecule has 2 aromatic carbocycles. The molecule has 142 valence electrons. The zero-order valence-electron chi connectivity index (χ0n) is 14.0. The number of ether oxygens (including phenoxy) is 2. The SMILES string of the molecule is O=C(C=Cc1ccc(Cl)c(C(F)(F)F)c1)NCc1ccc2c(c1)OCCO2. The van der Waals surface area contributed by atoms with E-state index >= 15 is 0 Å². The summed E-state index contributed by atoms with van der Waals surface area (Å²) in [6.07, 6.45) is -2.09. The first kappa shape index (κ1) is 19.1. The van der Waals surface area contributed by atoms with Crippen LogP contribution in [0.15, 0.2) is 42.5 Å². The van der Waals surface area contributed by atoms with Crippen molar-refractivity contribution in [1.29, 1.82) is 0 Å². The minimum absolute atomic E-state index is 0.223. The van der Waals surface area contributed by atoms with Gasteiger partial charge in [-0.2, -0.15) is 13.2 Å². The van der Waals surface area contributed by atoms with Gasteiger partial charge in [0.1, 0.15) is 13.2 Å². The molecule has 1 heterocycles. The number of hydrogen-bond donors (Lipinski definition) is 1. The Labute approximate surface area is 158 Å². The van der Waals surface area contributed by atoms with Gasteiger partial charge in [0.15, 0.2) is 11.5 Å². The maximum atomic E-state index is 12.8. The number of hydrogen-bond acceptors (Lipinski definition) is 3. The summed E-state index contributed by atoms with van der Waals surface area (Å²) in [5.74, 6) is 0.831. The highest BCUT2D eigenvalue weighted by Gasteiger charge is 2.33. The van der Waals surface area contributed by atoms with Crippen molar-refractivity contribution in [3.63, 3.8) is 0 Å². The van der Waals surface area contributed by atoms with E-state index in [1.807, 2.05) is 0 Å². The molecule has 0 fully saturated rings. The van der Waals surface area contributed by atoms with Crippen LogP contribution in [-0.2, 0) is 17.5 Å². The highest BCUT2D eigenvalue weighted by Crippen LogP contribution is 2.35. The molecule has 2 aromatic rings. The van der Waals surface area contributed by atoms with Gasteiger partial charge in [-0.1, -0.05) is 23.7 Å². The third-order valence-electron chi connectivity index (χ3n) is 3.80. The second-order valence-corrected chi connectivity index (χ2v) is 6.17. The quantitative estimate of drug-likeness (QED) is 0.775. The lowest BCUT2D eigenvalue weighted by atomic mass is 10.1. The number of benzene rings is 2. The molecule has 1 amide bonds. The Hall–Kier alpha value is -2.67. The van der Waals surface area contributed by atoms with Crippen molar-refractivity contribution in [3.05, 3.63) is 64.2 Å². The molecule has 27 heavy (non-hydrogen) atoms. The minimum atomic E-state index is -4.55. The smallest absolute Gasteiger partial charge is 0.417 e. The maximum absolute atomic E-state index is 12.8. The molecule has 0 aromatic heterocycles. The number of alkyl halides is 3. The average molecular weight is 398 g/mol. The lowest BCUT2D eigenvalue weighted by molar-refractivity contribution is -0.137. The zero-order chi connectivity index (χ0) is 19.4. The maximum Gasteiger partial charge on any atom is 0.417 e. The van der Waals surface area contributed by atoms with E-state index in [2.05, 4.69) is 5.32 Å². The average Bonchev–Trinajstić information content (AvgIpc) is 2.64. The summed E-state index contributed by atoms with van der Waals surface area (Å²) < 4.78 is 49.4. The van der Waals surface area contributed by atoms with E-state index in [0.29, 0.717) is 24.7 Å². The molecule has 0 spiro atoms. The van der Waals surface area contributed by atoms with Gasteiger partial charge in [0.05, 0.1) is 10.6 Å². The number of nitrogens with one attached hydrogen (secondary N) is 1. The largest absolute Gasteiger partial charge is 0.486 e. The molecule has 0 saturated carbocycles. The molecule has 4 nitrogen and oxygen atoms in total. The van der Waals surface area contributed by atoms with E-state index in [-0.39, 0.29) is 17.1 Å². The molecule has 1 aliphatic heterocycles. The fraction of sp³-hybridized carbons (Fsp3) is 0.211. The summed E-state index contributed by atoms with van der Waals surface area (Å²) in [6, 6.07) is 8.78. The van der Waals surface area contributed by atoms with Gasteiger partial charge < -0.3 is 14.8 Å². The van der Waals surface area contributed by atoms with Gasteiger partial charge in [-0.25, -0.2) is 0 Å². The van der Waals surface area contributed by atoms with Crippen molar-refractivity contribution in [3.8, 4) is 11.5 Å². The molecule has 0 aliphatic carbocycles. The normalized spacial score (nSPS) is 13.6. The van der Waals surface area contributed by atoms with Crippen LogP contribution >= 0.6 is 11.6 Å². The molecule has 3 rings (SSSR count). The Balaban J connectivity index is 1.61. The summed E-state index contributed by atoms with van der Waals surface area (Å²) in [5, 5.41) is 2.28. The second-order valence-electron chi connectivity index (χ2n) is 5.77. The molecular formula is C19H15ClF3NO3. The molecular weight excluding hydrogens is 383 g/mol. The fourth-order valence-electron chi connectivity index (χ4n) is 2.48. The van der Waals surface area contributed by atoms with E-state index in [9.17, 15) is 18.0 Å². The Morgan fingerprint density at radius 3 is 2.59 bits per heavy atom. The molecule has 8 heteroatoms. The van der Waals surface area contributed by atoms with Gasteiger partial charge in [-0.15, -0.1) is 0 Å². The van der Waals surface area contributed by atoms with Crippen molar-refractivity contribution in [2.45, 2.75) is 12.7 Å². The van der Waals surface area contributed by atoms with E-state index in [1.165, 1.54) is 18.2 Å². The molecule has 0 unspecified atom stereocenters. The van der Waals surface area contributed by atoms with Crippen molar-refractivity contribution in [2.75, 3.05) is 13.2 Å². The summed E-state index contributed by atoms with van der Waals surface area (Å²) >= 11 is 5.57. The standard InChI is InChI=1S/C19H15ClF3NO3/c20-15-4-1-12(9-14(15)19(21,22)23)3-6-18(25)24-11-13-2-5-16-17(10-13)27-8-7-26-16/h1-6,9-10H,7-8,11H2,(H,24,25). The van der Waals surface area contributed by atoms with Gasteiger partial charge in [-0.05, 0) is 41.5 Å². The third-order valence-corrected chi connectivity index (χ3v) is 4.13. The summed E-state index contributed by atoms with van der Waals surface area (Å²) in [6.45, 7) is 1.20. The van der Waals surface area contributed by atoms with Gasteiger partial charge in [0.2, 0.25) is 5.91 Å². The first-order valence-electron chi connectivity index (χ1n) is 8.04. The Bertz CT molecular complexity index is 881. The van der Waals surface area contributed by atoms with E-state index in [1.54, 1.807) is 18.2 Å². The van der Waals surface area contributed by atoms with E-state index in [4.69, 9.17) is 21.1 Å². The predicted molar refractivity (Wildman–Crippen MR) is 94.8 cm³/mol. The molecule has 0 saturated heterocycles. The van der Waals surface area contributed by atoms with Crippen LogP contribution in [0.5, 0.6) is 11.5 Å². The number of fused-ring (bicyclic) bond motifs is 1. The van der Waals surface area contributed by atoms with Crippen LogP contribution in [0.1, 0.15) is 16.7 Å². The van der Waals surface area contributed by atoms with Crippen molar-refractivity contribution in [2.24, 2.45) is 0 Å². The summed E-state index contributed by atoms with van der Waals surface area (Å²) in [7, 11) is 0. The van der Waals surface area contributed by atoms with Gasteiger partial charge in [0, 0.05) is 12.6 Å². The highest BCUT2D eigenvalue weighted by atomic mass is 35.5. The third kappa shape index (κ3) is 4.95. The van der Waals surface area contributed by atoms with Crippen molar-refractivity contribution in [1.82, 2.24) is 5.32 Å². The van der Waals surface area contributed by atoms with Crippen LogP contribution in [0.4, 0.5) is 13.2 Å². The number of carbonyl (C=O) groups is 1. The van der Waals surface area contributed by atoms with Crippen LogP contribution in [0.2, 0.25) is 5.02 Å². The molecule has 1 N–H and O–H groups in total.